The summed E-state index contributed by atoms with van der Waals surface area (Å²) in [7, 11) is 0. The molecule has 1 saturated heterocycles. The molecular formula is C12H24N2O. The van der Waals surface area contributed by atoms with Crippen LogP contribution in [-0.2, 0) is 4.79 Å². The summed E-state index contributed by atoms with van der Waals surface area (Å²) < 4.78 is 0. The molecule has 3 heteroatoms. The highest BCUT2D eigenvalue weighted by Crippen LogP contribution is 2.09. The van der Waals surface area contributed by atoms with E-state index in [0.717, 1.165) is 32.4 Å². The zero-order chi connectivity index (χ0) is 10.9. The molecule has 0 radical (unpaired) electrons. The minimum atomic E-state index is 0.215. The van der Waals surface area contributed by atoms with Crippen LogP contribution in [0.3, 0.4) is 0 Å². The van der Waals surface area contributed by atoms with Gasteiger partial charge in [-0.3, -0.25) is 4.79 Å². The highest BCUT2D eigenvalue weighted by molar-refractivity contribution is 5.75. The van der Waals surface area contributed by atoms with E-state index in [1.807, 2.05) is 0 Å². The van der Waals surface area contributed by atoms with Gasteiger partial charge in [-0.05, 0) is 32.2 Å². The van der Waals surface area contributed by atoms with Crippen molar-refractivity contribution >= 4 is 5.91 Å². The SMILES string of the molecule is CCCCC(=O)NCCC1CCCCN1. The van der Waals surface area contributed by atoms with Gasteiger partial charge in [0, 0.05) is 19.0 Å². The zero-order valence-corrected chi connectivity index (χ0v) is 9.85. The van der Waals surface area contributed by atoms with Gasteiger partial charge in [-0.1, -0.05) is 19.8 Å². The van der Waals surface area contributed by atoms with Crippen molar-refractivity contribution in [1.29, 1.82) is 0 Å². The minimum absolute atomic E-state index is 0.215. The number of nitrogens with one attached hydrogen (secondary N) is 2. The van der Waals surface area contributed by atoms with E-state index in [0.29, 0.717) is 12.5 Å². The molecule has 0 aromatic rings. The molecule has 0 aliphatic carbocycles. The Balaban J connectivity index is 1.97. The first-order valence-corrected chi connectivity index (χ1v) is 6.33. The molecule has 0 spiro atoms. The largest absolute Gasteiger partial charge is 0.356 e. The fourth-order valence-electron chi connectivity index (χ4n) is 1.98. The van der Waals surface area contributed by atoms with Gasteiger partial charge >= 0.3 is 0 Å². The fraction of sp³-hybridized carbons (Fsp3) is 0.917. The molecule has 0 saturated carbocycles. The second-order valence-corrected chi connectivity index (χ2v) is 4.39. The van der Waals surface area contributed by atoms with Gasteiger partial charge in [-0.2, -0.15) is 0 Å². The monoisotopic (exact) mass is 212 g/mol. The highest BCUT2D eigenvalue weighted by atomic mass is 16.1. The van der Waals surface area contributed by atoms with Crippen molar-refractivity contribution in [2.24, 2.45) is 0 Å². The van der Waals surface area contributed by atoms with E-state index in [-0.39, 0.29) is 5.91 Å². The van der Waals surface area contributed by atoms with E-state index in [1.165, 1.54) is 19.3 Å². The second-order valence-electron chi connectivity index (χ2n) is 4.39. The predicted molar refractivity (Wildman–Crippen MR) is 62.8 cm³/mol. The Bertz CT molecular complexity index is 176. The molecule has 15 heavy (non-hydrogen) atoms. The average molecular weight is 212 g/mol. The molecule has 1 amide bonds. The Morgan fingerprint density at radius 1 is 1.47 bits per heavy atom. The summed E-state index contributed by atoms with van der Waals surface area (Å²) in [6.07, 6.45) is 7.78. The van der Waals surface area contributed by atoms with Crippen molar-refractivity contribution in [3.63, 3.8) is 0 Å². The number of hydrogen-bond donors (Lipinski definition) is 2. The van der Waals surface area contributed by atoms with E-state index < -0.39 is 0 Å². The summed E-state index contributed by atoms with van der Waals surface area (Å²) in [5, 5.41) is 6.47. The molecule has 2 N–H and O–H groups in total. The number of carbonyl (C=O) groups is 1. The number of unbranched alkanes of at least 4 members (excludes halogenated alkanes) is 1. The predicted octanol–water partition coefficient (Wildman–Crippen LogP) is 1.82. The van der Waals surface area contributed by atoms with Crippen LogP contribution in [0.5, 0.6) is 0 Å². The molecule has 1 atom stereocenters. The van der Waals surface area contributed by atoms with Crippen molar-refractivity contribution in [1.82, 2.24) is 10.6 Å². The van der Waals surface area contributed by atoms with Gasteiger partial charge in [0.2, 0.25) is 5.91 Å². The third-order valence-electron chi connectivity index (χ3n) is 2.98. The van der Waals surface area contributed by atoms with Gasteiger partial charge in [0.05, 0.1) is 0 Å². The Kier molecular flexibility index (Phi) is 6.41. The third kappa shape index (κ3) is 5.78. The average Bonchev–Trinajstić information content (AvgIpc) is 2.28. The van der Waals surface area contributed by atoms with Gasteiger partial charge in [0.1, 0.15) is 0 Å². The smallest absolute Gasteiger partial charge is 0.219 e. The number of rotatable bonds is 6. The van der Waals surface area contributed by atoms with Crippen LogP contribution in [0.2, 0.25) is 0 Å². The quantitative estimate of drug-likeness (QED) is 0.705. The maximum atomic E-state index is 11.3. The zero-order valence-electron chi connectivity index (χ0n) is 9.85. The lowest BCUT2D eigenvalue weighted by atomic mass is 10.0. The molecule has 3 nitrogen and oxygen atoms in total. The van der Waals surface area contributed by atoms with Crippen LogP contribution < -0.4 is 10.6 Å². The summed E-state index contributed by atoms with van der Waals surface area (Å²) in [6, 6.07) is 0.630. The molecule has 1 unspecified atom stereocenters. The fourth-order valence-corrected chi connectivity index (χ4v) is 1.98. The van der Waals surface area contributed by atoms with Crippen LogP contribution in [0, 0.1) is 0 Å². The first-order chi connectivity index (χ1) is 7.33. The van der Waals surface area contributed by atoms with Crippen LogP contribution in [-0.4, -0.2) is 25.0 Å². The minimum Gasteiger partial charge on any atom is -0.356 e. The molecule has 1 aliphatic rings. The van der Waals surface area contributed by atoms with Gasteiger partial charge in [0.15, 0.2) is 0 Å². The van der Waals surface area contributed by atoms with E-state index >= 15 is 0 Å². The molecule has 0 aromatic carbocycles. The van der Waals surface area contributed by atoms with Gasteiger partial charge in [-0.25, -0.2) is 0 Å². The number of hydrogen-bond acceptors (Lipinski definition) is 2. The summed E-state index contributed by atoms with van der Waals surface area (Å²) in [5.74, 6) is 0.215. The number of carbonyl (C=O) groups excluding carboxylic acids is 1. The highest BCUT2D eigenvalue weighted by Gasteiger charge is 2.11. The molecule has 1 aliphatic heterocycles. The lowest BCUT2D eigenvalue weighted by Gasteiger charge is -2.23. The second kappa shape index (κ2) is 7.69. The molecule has 1 rings (SSSR count). The normalized spacial score (nSPS) is 21.3. The van der Waals surface area contributed by atoms with Crippen LogP contribution in [0.4, 0.5) is 0 Å². The first-order valence-electron chi connectivity index (χ1n) is 6.33. The lowest BCUT2D eigenvalue weighted by Crippen LogP contribution is -2.37. The Morgan fingerprint density at radius 3 is 3.00 bits per heavy atom. The van der Waals surface area contributed by atoms with Gasteiger partial charge in [0.25, 0.3) is 0 Å². The summed E-state index contributed by atoms with van der Waals surface area (Å²) in [5.41, 5.74) is 0. The molecule has 1 fully saturated rings. The topological polar surface area (TPSA) is 41.1 Å². The summed E-state index contributed by atoms with van der Waals surface area (Å²) in [6.45, 7) is 4.09. The molecule has 0 bridgehead atoms. The van der Waals surface area contributed by atoms with Crippen molar-refractivity contribution in [3.05, 3.63) is 0 Å². The molecule has 1 heterocycles. The van der Waals surface area contributed by atoms with Crippen molar-refractivity contribution in [2.75, 3.05) is 13.1 Å². The Morgan fingerprint density at radius 2 is 2.33 bits per heavy atom. The number of piperidine rings is 1. The van der Waals surface area contributed by atoms with Crippen molar-refractivity contribution in [3.8, 4) is 0 Å². The molecule has 0 aromatic heterocycles. The van der Waals surface area contributed by atoms with E-state index in [1.54, 1.807) is 0 Å². The molecular weight excluding hydrogens is 188 g/mol. The van der Waals surface area contributed by atoms with E-state index in [9.17, 15) is 4.79 Å². The third-order valence-corrected chi connectivity index (χ3v) is 2.98. The van der Waals surface area contributed by atoms with Crippen LogP contribution in [0.25, 0.3) is 0 Å². The number of amides is 1. The molecule has 88 valence electrons. The van der Waals surface area contributed by atoms with E-state index in [4.69, 9.17) is 0 Å². The van der Waals surface area contributed by atoms with Crippen LogP contribution in [0.15, 0.2) is 0 Å². The standard InChI is InChI=1S/C12H24N2O/c1-2-3-7-12(15)14-10-8-11-6-4-5-9-13-11/h11,13H,2-10H2,1H3,(H,14,15). The van der Waals surface area contributed by atoms with Crippen LogP contribution >= 0.6 is 0 Å². The van der Waals surface area contributed by atoms with Gasteiger partial charge in [-0.15, -0.1) is 0 Å². The van der Waals surface area contributed by atoms with Gasteiger partial charge < -0.3 is 10.6 Å². The van der Waals surface area contributed by atoms with E-state index in [2.05, 4.69) is 17.6 Å². The summed E-state index contributed by atoms with van der Waals surface area (Å²) in [4.78, 5) is 11.3. The van der Waals surface area contributed by atoms with Crippen molar-refractivity contribution < 1.29 is 4.79 Å². The lowest BCUT2D eigenvalue weighted by molar-refractivity contribution is -0.121. The first kappa shape index (κ1) is 12.5. The van der Waals surface area contributed by atoms with Crippen LogP contribution in [0.1, 0.15) is 51.9 Å². The maximum Gasteiger partial charge on any atom is 0.219 e. The Labute approximate surface area is 93.0 Å². The maximum absolute atomic E-state index is 11.3. The Hall–Kier alpha value is -0.570. The summed E-state index contributed by atoms with van der Waals surface area (Å²) >= 11 is 0. The van der Waals surface area contributed by atoms with Crippen molar-refractivity contribution in [2.45, 2.75) is 57.9 Å².